The van der Waals surface area contributed by atoms with E-state index in [-0.39, 0.29) is 0 Å². The topological polar surface area (TPSA) is 26.5 Å². The highest BCUT2D eigenvalue weighted by Gasteiger charge is 2.01. The first-order valence-electron chi connectivity index (χ1n) is 6.88. The first-order chi connectivity index (χ1) is 10.8. The number of ether oxygens (including phenoxy) is 1. The van der Waals surface area contributed by atoms with Crippen LogP contribution in [0.1, 0.15) is 5.69 Å². The van der Waals surface area contributed by atoms with Crippen LogP contribution < -0.4 is 4.74 Å². The van der Waals surface area contributed by atoms with Crippen LogP contribution in [0.4, 0.5) is 5.69 Å². The van der Waals surface area contributed by atoms with Crippen LogP contribution in [0.15, 0.2) is 76.3 Å². The van der Waals surface area contributed by atoms with Gasteiger partial charge in [-0.1, -0.05) is 22.0 Å². The second-order valence-electron chi connectivity index (χ2n) is 4.74. The highest BCUT2D eigenvalue weighted by atomic mass is 79.9. The number of hydrogen-bond donors (Lipinski definition) is 0. The Bertz CT molecular complexity index is 791. The van der Waals surface area contributed by atoms with Crippen LogP contribution in [-0.4, -0.2) is 17.9 Å². The van der Waals surface area contributed by atoms with E-state index in [1.165, 1.54) is 0 Å². The third-order valence-electron chi connectivity index (χ3n) is 3.28. The van der Waals surface area contributed by atoms with E-state index in [0.717, 1.165) is 27.3 Å². The number of methoxy groups -OCH3 is 1. The quantitative estimate of drug-likeness (QED) is 0.605. The molecule has 3 aromatic rings. The summed E-state index contributed by atoms with van der Waals surface area (Å²) in [5.41, 5.74) is 2.98. The van der Waals surface area contributed by atoms with E-state index in [9.17, 15) is 0 Å². The fourth-order valence-electron chi connectivity index (χ4n) is 2.17. The summed E-state index contributed by atoms with van der Waals surface area (Å²) in [6, 6.07) is 19.9. The molecule has 0 saturated heterocycles. The van der Waals surface area contributed by atoms with Crippen LogP contribution in [0.3, 0.4) is 0 Å². The zero-order chi connectivity index (χ0) is 15.4. The van der Waals surface area contributed by atoms with Crippen molar-refractivity contribution in [2.24, 2.45) is 4.99 Å². The average Bonchev–Trinajstić information content (AvgIpc) is 3.02. The van der Waals surface area contributed by atoms with Gasteiger partial charge in [-0.3, -0.25) is 4.99 Å². The first kappa shape index (κ1) is 14.6. The van der Waals surface area contributed by atoms with E-state index in [0.29, 0.717) is 0 Å². The molecule has 0 aliphatic heterocycles. The Kier molecular flexibility index (Phi) is 4.39. The molecule has 1 aromatic heterocycles. The minimum Gasteiger partial charge on any atom is -0.497 e. The van der Waals surface area contributed by atoms with E-state index in [4.69, 9.17) is 4.74 Å². The molecular formula is C18H15BrN2O. The van der Waals surface area contributed by atoms with Crippen molar-refractivity contribution >= 4 is 27.8 Å². The molecule has 0 spiro atoms. The Morgan fingerprint density at radius 2 is 1.86 bits per heavy atom. The molecule has 0 amide bonds. The molecule has 22 heavy (non-hydrogen) atoms. The highest BCUT2D eigenvalue weighted by molar-refractivity contribution is 9.10. The zero-order valence-corrected chi connectivity index (χ0v) is 13.7. The Balaban J connectivity index is 1.88. The van der Waals surface area contributed by atoms with Gasteiger partial charge in [0, 0.05) is 22.4 Å². The summed E-state index contributed by atoms with van der Waals surface area (Å²) in [5, 5.41) is 0. The summed E-state index contributed by atoms with van der Waals surface area (Å²) in [6.07, 6.45) is 3.88. The second kappa shape index (κ2) is 6.62. The van der Waals surface area contributed by atoms with E-state index in [2.05, 4.69) is 37.6 Å². The van der Waals surface area contributed by atoms with Gasteiger partial charge < -0.3 is 9.30 Å². The van der Waals surface area contributed by atoms with Crippen molar-refractivity contribution in [2.75, 3.05) is 7.11 Å². The summed E-state index contributed by atoms with van der Waals surface area (Å²) in [4.78, 5) is 4.53. The van der Waals surface area contributed by atoms with Gasteiger partial charge in [-0.25, -0.2) is 0 Å². The van der Waals surface area contributed by atoms with Crippen LogP contribution in [-0.2, 0) is 0 Å². The summed E-state index contributed by atoms with van der Waals surface area (Å²) in [6.45, 7) is 0. The number of aromatic nitrogens is 1. The lowest BCUT2D eigenvalue weighted by Gasteiger charge is -2.06. The van der Waals surface area contributed by atoms with Gasteiger partial charge in [-0.15, -0.1) is 0 Å². The SMILES string of the molecule is COc1cccc(N=Cc2cccn2-c2ccc(Br)cc2)c1. The molecule has 110 valence electrons. The predicted molar refractivity (Wildman–Crippen MR) is 93.7 cm³/mol. The number of benzene rings is 2. The van der Waals surface area contributed by atoms with E-state index >= 15 is 0 Å². The summed E-state index contributed by atoms with van der Waals surface area (Å²) >= 11 is 3.45. The maximum Gasteiger partial charge on any atom is 0.121 e. The third kappa shape index (κ3) is 3.28. The lowest BCUT2D eigenvalue weighted by atomic mass is 10.3. The first-order valence-corrected chi connectivity index (χ1v) is 7.67. The summed E-state index contributed by atoms with van der Waals surface area (Å²) < 4.78 is 8.37. The summed E-state index contributed by atoms with van der Waals surface area (Å²) in [7, 11) is 1.65. The maximum absolute atomic E-state index is 5.21. The fourth-order valence-corrected chi connectivity index (χ4v) is 2.43. The number of nitrogens with zero attached hydrogens (tertiary/aromatic N) is 2. The van der Waals surface area contributed by atoms with Crippen molar-refractivity contribution in [3.63, 3.8) is 0 Å². The molecule has 3 rings (SSSR count). The second-order valence-corrected chi connectivity index (χ2v) is 5.65. The van der Waals surface area contributed by atoms with E-state index < -0.39 is 0 Å². The molecule has 0 radical (unpaired) electrons. The monoisotopic (exact) mass is 354 g/mol. The van der Waals surface area contributed by atoms with Gasteiger partial charge in [0.25, 0.3) is 0 Å². The molecule has 0 aliphatic carbocycles. The molecule has 0 atom stereocenters. The van der Waals surface area contributed by atoms with Crippen molar-refractivity contribution in [3.8, 4) is 11.4 Å². The van der Waals surface area contributed by atoms with Crippen molar-refractivity contribution in [1.29, 1.82) is 0 Å². The molecule has 3 nitrogen and oxygen atoms in total. The van der Waals surface area contributed by atoms with Gasteiger partial charge in [0.15, 0.2) is 0 Å². The lowest BCUT2D eigenvalue weighted by Crippen LogP contribution is -1.97. The van der Waals surface area contributed by atoms with Gasteiger partial charge >= 0.3 is 0 Å². The van der Waals surface area contributed by atoms with Gasteiger partial charge in [-0.2, -0.15) is 0 Å². The smallest absolute Gasteiger partial charge is 0.121 e. The molecule has 0 aliphatic rings. The molecule has 4 heteroatoms. The van der Waals surface area contributed by atoms with Crippen LogP contribution in [0.25, 0.3) is 5.69 Å². The maximum atomic E-state index is 5.21. The molecule has 2 aromatic carbocycles. The minimum absolute atomic E-state index is 0.804. The lowest BCUT2D eigenvalue weighted by molar-refractivity contribution is 0.415. The molecule has 0 N–H and O–H groups in total. The molecule has 0 saturated carbocycles. The van der Waals surface area contributed by atoms with Gasteiger partial charge in [0.05, 0.1) is 24.7 Å². The standard InChI is InChI=1S/C18H15BrN2O/c1-22-18-6-2-4-15(12-18)20-13-17-5-3-11-21(17)16-9-7-14(19)8-10-16/h2-13H,1H3. The molecule has 0 unspecified atom stereocenters. The van der Waals surface area contributed by atoms with Crippen LogP contribution in [0.5, 0.6) is 5.75 Å². The number of aliphatic imine (C=N–C) groups is 1. The minimum atomic E-state index is 0.804. The summed E-state index contributed by atoms with van der Waals surface area (Å²) in [5.74, 6) is 0.804. The number of hydrogen-bond acceptors (Lipinski definition) is 2. The number of halogens is 1. The molecule has 1 heterocycles. The Hall–Kier alpha value is -2.33. The Morgan fingerprint density at radius 1 is 1.05 bits per heavy atom. The van der Waals surface area contributed by atoms with E-state index in [1.54, 1.807) is 7.11 Å². The Morgan fingerprint density at radius 3 is 2.64 bits per heavy atom. The van der Waals surface area contributed by atoms with Gasteiger partial charge in [0.2, 0.25) is 0 Å². The van der Waals surface area contributed by atoms with Crippen LogP contribution in [0.2, 0.25) is 0 Å². The van der Waals surface area contributed by atoms with Crippen LogP contribution in [0, 0.1) is 0 Å². The normalized spacial score (nSPS) is 11.0. The third-order valence-corrected chi connectivity index (χ3v) is 3.81. The van der Waals surface area contributed by atoms with Crippen LogP contribution >= 0.6 is 15.9 Å². The zero-order valence-electron chi connectivity index (χ0n) is 12.1. The van der Waals surface area contributed by atoms with Crippen molar-refractivity contribution < 1.29 is 4.74 Å². The highest BCUT2D eigenvalue weighted by Crippen LogP contribution is 2.20. The molecular weight excluding hydrogens is 340 g/mol. The van der Waals surface area contributed by atoms with Gasteiger partial charge in [-0.05, 0) is 48.5 Å². The largest absolute Gasteiger partial charge is 0.497 e. The van der Waals surface area contributed by atoms with Crippen molar-refractivity contribution in [3.05, 3.63) is 77.0 Å². The van der Waals surface area contributed by atoms with E-state index in [1.807, 2.05) is 60.9 Å². The molecule has 0 bridgehead atoms. The predicted octanol–water partition coefficient (Wildman–Crippen LogP) is 5.00. The molecule has 0 fully saturated rings. The number of rotatable bonds is 4. The Labute approximate surface area is 138 Å². The van der Waals surface area contributed by atoms with Crippen molar-refractivity contribution in [2.45, 2.75) is 0 Å². The van der Waals surface area contributed by atoms with Crippen molar-refractivity contribution in [1.82, 2.24) is 4.57 Å². The average molecular weight is 355 g/mol. The van der Waals surface area contributed by atoms with Gasteiger partial charge in [0.1, 0.15) is 5.75 Å². The fraction of sp³-hybridized carbons (Fsp3) is 0.0556.